The van der Waals surface area contributed by atoms with Gasteiger partial charge in [0.2, 0.25) is 5.91 Å². The number of likely N-dealkylation sites (tertiary alicyclic amines) is 1. The summed E-state index contributed by atoms with van der Waals surface area (Å²) in [5, 5.41) is 8.63. The topological polar surface area (TPSA) is 60.9 Å². The minimum absolute atomic E-state index is 0.0311. The molecule has 0 unspecified atom stereocenters. The maximum absolute atomic E-state index is 11.9. The Kier molecular flexibility index (Phi) is 5.58. The molecule has 1 N–H and O–H groups in total. The first-order valence-electron chi connectivity index (χ1n) is 6.00. The quantitative estimate of drug-likeness (QED) is 0.642. The largest absolute Gasteiger partial charge is 0.481 e. The zero-order valence-corrected chi connectivity index (χ0v) is 10.5. The molecule has 100 valence electrons. The van der Waals surface area contributed by atoms with Crippen LogP contribution in [-0.4, -0.2) is 59.5 Å². The second-order valence-electron chi connectivity index (χ2n) is 4.53. The summed E-state index contributed by atoms with van der Waals surface area (Å²) in [6, 6.07) is 0. The fourth-order valence-corrected chi connectivity index (χ4v) is 2.06. The fourth-order valence-electron chi connectivity index (χ4n) is 2.06. The van der Waals surface area contributed by atoms with E-state index >= 15 is 0 Å². The van der Waals surface area contributed by atoms with Crippen molar-refractivity contribution in [2.45, 2.75) is 6.42 Å². The van der Waals surface area contributed by atoms with E-state index < -0.39 is 5.97 Å². The molecule has 1 aliphatic rings. The molecule has 5 heteroatoms. The number of hydrogen-bond donors (Lipinski definition) is 1. The number of carboxylic acid groups (broad SMARTS) is 1. The standard InChI is InChI=1S/C13H20N2O3/c1-3-5-15(6-4-2)12(16)10-14-8-11(9-14)7-13(17)18/h3-4,11H,1-2,5-10H2,(H,17,18). The normalized spacial score (nSPS) is 15.8. The molecule has 1 saturated heterocycles. The first-order chi connectivity index (χ1) is 8.56. The van der Waals surface area contributed by atoms with E-state index in [1.54, 1.807) is 17.1 Å². The fraction of sp³-hybridized carbons (Fsp3) is 0.538. The van der Waals surface area contributed by atoms with Crippen LogP contribution in [0.2, 0.25) is 0 Å². The Morgan fingerprint density at radius 1 is 1.28 bits per heavy atom. The Bertz CT molecular complexity index is 325. The first kappa shape index (κ1) is 14.4. The van der Waals surface area contributed by atoms with Crippen LogP contribution in [0.15, 0.2) is 25.3 Å². The SMILES string of the molecule is C=CCN(CC=C)C(=O)CN1CC(CC(=O)O)C1. The van der Waals surface area contributed by atoms with Gasteiger partial charge in [-0.2, -0.15) is 0 Å². The highest BCUT2D eigenvalue weighted by Gasteiger charge is 2.30. The Morgan fingerprint density at radius 2 is 1.83 bits per heavy atom. The summed E-state index contributed by atoms with van der Waals surface area (Å²) >= 11 is 0. The molecule has 1 rings (SSSR count). The number of amides is 1. The summed E-state index contributed by atoms with van der Waals surface area (Å²) in [6.07, 6.45) is 3.56. The van der Waals surface area contributed by atoms with Crippen LogP contribution in [0.1, 0.15) is 6.42 Å². The number of rotatable bonds is 8. The second-order valence-corrected chi connectivity index (χ2v) is 4.53. The molecule has 1 aliphatic heterocycles. The number of hydrogen-bond acceptors (Lipinski definition) is 3. The van der Waals surface area contributed by atoms with E-state index in [2.05, 4.69) is 13.2 Å². The summed E-state index contributed by atoms with van der Waals surface area (Å²) < 4.78 is 0. The Morgan fingerprint density at radius 3 is 2.28 bits per heavy atom. The Labute approximate surface area is 107 Å². The predicted molar refractivity (Wildman–Crippen MR) is 69.2 cm³/mol. The molecule has 0 aliphatic carbocycles. The second kappa shape index (κ2) is 6.96. The monoisotopic (exact) mass is 252 g/mol. The molecule has 0 aromatic carbocycles. The van der Waals surface area contributed by atoms with Crippen molar-refractivity contribution >= 4 is 11.9 Å². The molecular formula is C13H20N2O3. The van der Waals surface area contributed by atoms with Gasteiger partial charge in [0.15, 0.2) is 0 Å². The van der Waals surface area contributed by atoms with Crippen molar-refractivity contribution in [1.29, 1.82) is 0 Å². The summed E-state index contributed by atoms with van der Waals surface area (Å²) in [4.78, 5) is 26.1. The van der Waals surface area contributed by atoms with Crippen LogP contribution in [0.25, 0.3) is 0 Å². The molecule has 1 amide bonds. The highest BCUT2D eigenvalue weighted by atomic mass is 16.4. The van der Waals surface area contributed by atoms with Crippen LogP contribution in [0.5, 0.6) is 0 Å². The van der Waals surface area contributed by atoms with Gasteiger partial charge in [0.25, 0.3) is 0 Å². The number of carbonyl (C=O) groups is 2. The lowest BCUT2D eigenvalue weighted by Crippen LogP contribution is -2.52. The van der Waals surface area contributed by atoms with Crippen LogP contribution >= 0.6 is 0 Å². The van der Waals surface area contributed by atoms with Gasteiger partial charge < -0.3 is 10.0 Å². The van der Waals surface area contributed by atoms with Gasteiger partial charge in [-0.1, -0.05) is 12.2 Å². The van der Waals surface area contributed by atoms with Crippen molar-refractivity contribution in [3.63, 3.8) is 0 Å². The van der Waals surface area contributed by atoms with E-state index in [9.17, 15) is 9.59 Å². The van der Waals surface area contributed by atoms with E-state index in [4.69, 9.17) is 5.11 Å². The minimum Gasteiger partial charge on any atom is -0.481 e. The van der Waals surface area contributed by atoms with Crippen molar-refractivity contribution in [2.24, 2.45) is 5.92 Å². The van der Waals surface area contributed by atoms with Crippen LogP contribution in [0.4, 0.5) is 0 Å². The third-order valence-corrected chi connectivity index (χ3v) is 2.91. The van der Waals surface area contributed by atoms with Gasteiger partial charge in [-0.05, 0) is 5.92 Å². The van der Waals surface area contributed by atoms with Crippen molar-refractivity contribution < 1.29 is 14.7 Å². The first-order valence-corrected chi connectivity index (χ1v) is 6.00. The smallest absolute Gasteiger partial charge is 0.303 e. The van der Waals surface area contributed by atoms with E-state index in [0.29, 0.717) is 32.7 Å². The average Bonchev–Trinajstić information content (AvgIpc) is 2.25. The molecule has 1 heterocycles. The molecule has 0 spiro atoms. The molecule has 0 aromatic heterocycles. The van der Waals surface area contributed by atoms with Crippen molar-refractivity contribution in [3.05, 3.63) is 25.3 Å². The molecule has 0 radical (unpaired) electrons. The highest BCUT2D eigenvalue weighted by molar-refractivity contribution is 5.78. The third-order valence-electron chi connectivity index (χ3n) is 2.91. The summed E-state index contributed by atoms with van der Waals surface area (Å²) in [5.41, 5.74) is 0. The number of nitrogens with zero attached hydrogens (tertiary/aromatic N) is 2. The summed E-state index contributed by atoms with van der Waals surface area (Å²) in [5.74, 6) is -0.558. The molecule has 1 fully saturated rings. The minimum atomic E-state index is -0.772. The lowest BCUT2D eigenvalue weighted by Gasteiger charge is -2.38. The van der Waals surface area contributed by atoms with Crippen molar-refractivity contribution in [1.82, 2.24) is 9.80 Å². The summed E-state index contributed by atoms with van der Waals surface area (Å²) in [6.45, 7) is 9.98. The zero-order valence-electron chi connectivity index (χ0n) is 10.5. The number of carboxylic acids is 1. The zero-order chi connectivity index (χ0) is 13.5. The molecule has 0 bridgehead atoms. The van der Waals surface area contributed by atoms with Crippen LogP contribution in [0.3, 0.4) is 0 Å². The lowest BCUT2D eigenvalue weighted by atomic mass is 9.96. The van der Waals surface area contributed by atoms with Crippen LogP contribution in [0, 0.1) is 5.92 Å². The molecular weight excluding hydrogens is 232 g/mol. The van der Waals surface area contributed by atoms with Crippen molar-refractivity contribution in [2.75, 3.05) is 32.7 Å². The maximum atomic E-state index is 11.9. The Hall–Kier alpha value is -1.62. The van der Waals surface area contributed by atoms with E-state index in [1.807, 2.05) is 4.90 Å². The van der Waals surface area contributed by atoms with E-state index in [-0.39, 0.29) is 18.2 Å². The van der Waals surface area contributed by atoms with Crippen LogP contribution in [-0.2, 0) is 9.59 Å². The predicted octanol–water partition coefficient (Wildman–Crippen LogP) is 0.593. The van der Waals surface area contributed by atoms with Gasteiger partial charge in [0.05, 0.1) is 13.0 Å². The number of carbonyl (C=O) groups excluding carboxylic acids is 1. The van der Waals surface area contributed by atoms with Gasteiger partial charge in [-0.15, -0.1) is 13.2 Å². The Balaban J connectivity index is 2.30. The molecule has 18 heavy (non-hydrogen) atoms. The van der Waals surface area contributed by atoms with Crippen LogP contribution < -0.4 is 0 Å². The highest BCUT2D eigenvalue weighted by Crippen LogP contribution is 2.18. The van der Waals surface area contributed by atoms with Gasteiger partial charge in [-0.25, -0.2) is 0 Å². The van der Waals surface area contributed by atoms with Crippen molar-refractivity contribution in [3.8, 4) is 0 Å². The van der Waals surface area contributed by atoms with Gasteiger partial charge in [-0.3, -0.25) is 14.5 Å². The molecule has 0 aromatic rings. The lowest BCUT2D eigenvalue weighted by molar-refractivity contribution is -0.140. The van der Waals surface area contributed by atoms with E-state index in [1.165, 1.54) is 0 Å². The van der Waals surface area contributed by atoms with Gasteiger partial charge in [0.1, 0.15) is 0 Å². The van der Waals surface area contributed by atoms with E-state index in [0.717, 1.165) is 0 Å². The molecule has 0 atom stereocenters. The van der Waals surface area contributed by atoms with Gasteiger partial charge >= 0.3 is 5.97 Å². The average molecular weight is 252 g/mol. The third kappa shape index (κ3) is 4.33. The molecule has 0 saturated carbocycles. The molecule has 5 nitrogen and oxygen atoms in total. The summed E-state index contributed by atoms with van der Waals surface area (Å²) in [7, 11) is 0. The number of aliphatic carboxylic acids is 1. The van der Waals surface area contributed by atoms with Gasteiger partial charge in [0, 0.05) is 26.2 Å². The maximum Gasteiger partial charge on any atom is 0.303 e.